The molecule has 1 aromatic carbocycles. The van der Waals surface area contributed by atoms with Gasteiger partial charge >= 0.3 is 0 Å². The van der Waals surface area contributed by atoms with Gasteiger partial charge in [0, 0.05) is 19.0 Å². The number of carbonyl (C=O) groups excluding carboxylic acids is 1. The van der Waals surface area contributed by atoms with Crippen LogP contribution in [0.2, 0.25) is 0 Å². The van der Waals surface area contributed by atoms with Gasteiger partial charge in [0.15, 0.2) is 0 Å². The Morgan fingerprint density at radius 3 is 2.71 bits per heavy atom. The predicted molar refractivity (Wildman–Crippen MR) is 55.7 cm³/mol. The molecule has 1 aliphatic rings. The molecule has 0 saturated carbocycles. The molecule has 0 aromatic heterocycles. The zero-order chi connectivity index (χ0) is 9.97. The number of amides is 1. The van der Waals surface area contributed by atoms with Crippen LogP contribution in [0.5, 0.6) is 0 Å². The number of fused-ring (bicyclic) bond motifs is 1. The SMILES string of the molecule is CC(=O)NC1=CCc2ccccc2C1. The minimum absolute atomic E-state index is 0.00984. The van der Waals surface area contributed by atoms with Gasteiger partial charge in [0.05, 0.1) is 0 Å². The minimum atomic E-state index is 0.00984. The highest BCUT2D eigenvalue weighted by Gasteiger charge is 2.10. The molecule has 0 atom stereocenters. The summed E-state index contributed by atoms with van der Waals surface area (Å²) in [6.45, 7) is 1.54. The second-order valence-corrected chi connectivity index (χ2v) is 3.56. The van der Waals surface area contributed by atoms with E-state index in [0.29, 0.717) is 0 Å². The molecule has 2 heteroatoms. The summed E-state index contributed by atoms with van der Waals surface area (Å²) in [5, 5.41) is 2.84. The van der Waals surface area contributed by atoms with Gasteiger partial charge in [-0.05, 0) is 17.5 Å². The third-order valence-corrected chi connectivity index (χ3v) is 2.40. The fraction of sp³-hybridized carbons (Fsp3) is 0.250. The van der Waals surface area contributed by atoms with Crippen molar-refractivity contribution in [2.45, 2.75) is 19.8 Å². The minimum Gasteiger partial charge on any atom is -0.330 e. The fourth-order valence-corrected chi connectivity index (χ4v) is 1.76. The second kappa shape index (κ2) is 3.66. The van der Waals surface area contributed by atoms with Crippen LogP contribution in [0.3, 0.4) is 0 Å². The van der Waals surface area contributed by atoms with Crippen LogP contribution >= 0.6 is 0 Å². The molecule has 2 nitrogen and oxygen atoms in total. The molecule has 14 heavy (non-hydrogen) atoms. The Kier molecular flexibility index (Phi) is 2.35. The van der Waals surface area contributed by atoms with Crippen LogP contribution in [0.4, 0.5) is 0 Å². The van der Waals surface area contributed by atoms with E-state index in [1.807, 2.05) is 6.07 Å². The fourth-order valence-electron chi connectivity index (χ4n) is 1.76. The van der Waals surface area contributed by atoms with Crippen LogP contribution in [0.25, 0.3) is 0 Å². The van der Waals surface area contributed by atoms with Crippen molar-refractivity contribution in [1.29, 1.82) is 0 Å². The number of benzene rings is 1. The van der Waals surface area contributed by atoms with Crippen LogP contribution in [0, 0.1) is 0 Å². The first-order valence-electron chi connectivity index (χ1n) is 4.79. The van der Waals surface area contributed by atoms with E-state index in [9.17, 15) is 4.79 Å². The Labute approximate surface area is 83.6 Å². The molecule has 1 N–H and O–H groups in total. The van der Waals surface area contributed by atoms with Crippen molar-refractivity contribution < 1.29 is 4.79 Å². The summed E-state index contributed by atoms with van der Waals surface area (Å²) < 4.78 is 0. The molecule has 0 saturated heterocycles. The third-order valence-electron chi connectivity index (χ3n) is 2.40. The molecule has 2 rings (SSSR count). The zero-order valence-electron chi connectivity index (χ0n) is 8.21. The molecule has 72 valence electrons. The van der Waals surface area contributed by atoms with Crippen molar-refractivity contribution in [3.8, 4) is 0 Å². The summed E-state index contributed by atoms with van der Waals surface area (Å²) in [6.07, 6.45) is 3.85. The van der Waals surface area contributed by atoms with Gasteiger partial charge < -0.3 is 5.32 Å². The molecular formula is C12H13NO. The van der Waals surface area contributed by atoms with Crippen molar-refractivity contribution in [3.63, 3.8) is 0 Å². The molecule has 0 spiro atoms. The summed E-state index contributed by atoms with van der Waals surface area (Å²) in [5.41, 5.74) is 3.71. The number of hydrogen-bond acceptors (Lipinski definition) is 1. The highest BCUT2D eigenvalue weighted by atomic mass is 16.1. The summed E-state index contributed by atoms with van der Waals surface area (Å²) in [5.74, 6) is 0.00984. The zero-order valence-corrected chi connectivity index (χ0v) is 8.21. The van der Waals surface area contributed by atoms with E-state index in [0.717, 1.165) is 18.5 Å². The maximum absolute atomic E-state index is 10.9. The highest BCUT2D eigenvalue weighted by molar-refractivity contribution is 5.75. The molecule has 1 aromatic rings. The monoisotopic (exact) mass is 187 g/mol. The lowest BCUT2D eigenvalue weighted by Gasteiger charge is -2.16. The van der Waals surface area contributed by atoms with E-state index >= 15 is 0 Å². The lowest BCUT2D eigenvalue weighted by molar-refractivity contribution is -0.118. The first-order valence-corrected chi connectivity index (χ1v) is 4.79. The Morgan fingerprint density at radius 1 is 1.29 bits per heavy atom. The molecule has 0 heterocycles. The van der Waals surface area contributed by atoms with E-state index in [4.69, 9.17) is 0 Å². The summed E-state index contributed by atoms with van der Waals surface area (Å²) in [4.78, 5) is 10.9. The van der Waals surface area contributed by atoms with Gasteiger partial charge in [-0.25, -0.2) is 0 Å². The molecule has 0 aliphatic heterocycles. The number of carbonyl (C=O) groups is 1. The smallest absolute Gasteiger partial charge is 0.220 e. The van der Waals surface area contributed by atoms with Crippen molar-refractivity contribution in [2.24, 2.45) is 0 Å². The van der Waals surface area contributed by atoms with E-state index in [1.165, 1.54) is 11.1 Å². The molecular weight excluding hydrogens is 174 g/mol. The van der Waals surface area contributed by atoms with Crippen LogP contribution in [-0.2, 0) is 17.6 Å². The maximum atomic E-state index is 10.9. The Hall–Kier alpha value is -1.57. The number of allylic oxidation sites excluding steroid dienone is 2. The Bertz CT molecular complexity index is 393. The quantitative estimate of drug-likeness (QED) is 0.713. The van der Waals surface area contributed by atoms with Crippen molar-refractivity contribution in [3.05, 3.63) is 47.2 Å². The van der Waals surface area contributed by atoms with E-state index < -0.39 is 0 Å². The topological polar surface area (TPSA) is 29.1 Å². The normalized spacial score (nSPS) is 14.2. The van der Waals surface area contributed by atoms with Gasteiger partial charge in [-0.3, -0.25) is 4.79 Å². The van der Waals surface area contributed by atoms with Crippen molar-refractivity contribution in [1.82, 2.24) is 5.32 Å². The average molecular weight is 187 g/mol. The lowest BCUT2D eigenvalue weighted by atomic mass is 9.95. The van der Waals surface area contributed by atoms with Gasteiger partial charge in [-0.2, -0.15) is 0 Å². The Balaban J connectivity index is 2.17. The Morgan fingerprint density at radius 2 is 2.00 bits per heavy atom. The lowest BCUT2D eigenvalue weighted by Crippen LogP contribution is -2.22. The number of nitrogens with one attached hydrogen (secondary N) is 1. The molecule has 0 unspecified atom stereocenters. The van der Waals surface area contributed by atoms with Crippen LogP contribution in [0.15, 0.2) is 36.0 Å². The van der Waals surface area contributed by atoms with Gasteiger partial charge in [-0.15, -0.1) is 0 Å². The summed E-state index contributed by atoms with van der Waals surface area (Å²) >= 11 is 0. The van der Waals surface area contributed by atoms with Crippen molar-refractivity contribution in [2.75, 3.05) is 0 Å². The first-order chi connectivity index (χ1) is 6.75. The van der Waals surface area contributed by atoms with Gasteiger partial charge in [0.1, 0.15) is 0 Å². The van der Waals surface area contributed by atoms with Gasteiger partial charge in [0.25, 0.3) is 0 Å². The van der Waals surface area contributed by atoms with E-state index in [-0.39, 0.29) is 5.91 Å². The van der Waals surface area contributed by atoms with Gasteiger partial charge in [0.2, 0.25) is 5.91 Å². The number of rotatable bonds is 1. The summed E-state index contributed by atoms with van der Waals surface area (Å²) in [6, 6.07) is 8.34. The summed E-state index contributed by atoms with van der Waals surface area (Å²) in [7, 11) is 0. The van der Waals surface area contributed by atoms with Crippen LogP contribution in [-0.4, -0.2) is 5.91 Å². The largest absolute Gasteiger partial charge is 0.330 e. The van der Waals surface area contributed by atoms with Crippen LogP contribution < -0.4 is 5.32 Å². The van der Waals surface area contributed by atoms with E-state index in [2.05, 4.69) is 29.6 Å². The van der Waals surface area contributed by atoms with Gasteiger partial charge in [-0.1, -0.05) is 30.3 Å². The maximum Gasteiger partial charge on any atom is 0.220 e. The standard InChI is InChI=1S/C12H13NO/c1-9(14)13-12-7-6-10-4-2-3-5-11(10)8-12/h2-5,7H,6,8H2,1H3,(H,13,14). The average Bonchev–Trinajstić information content (AvgIpc) is 2.17. The molecule has 1 aliphatic carbocycles. The molecule has 0 fully saturated rings. The number of hydrogen-bond donors (Lipinski definition) is 1. The predicted octanol–water partition coefficient (Wildman–Crippen LogP) is 1.81. The van der Waals surface area contributed by atoms with E-state index in [1.54, 1.807) is 6.92 Å². The molecule has 0 radical (unpaired) electrons. The highest BCUT2D eigenvalue weighted by Crippen LogP contribution is 2.18. The molecule has 0 bridgehead atoms. The van der Waals surface area contributed by atoms with Crippen molar-refractivity contribution >= 4 is 5.91 Å². The van der Waals surface area contributed by atoms with Crippen LogP contribution in [0.1, 0.15) is 18.1 Å². The second-order valence-electron chi connectivity index (χ2n) is 3.56. The first kappa shape index (κ1) is 9.00. The molecule has 1 amide bonds. The third kappa shape index (κ3) is 1.84.